The second kappa shape index (κ2) is 8.29. The molecule has 27 heavy (non-hydrogen) atoms. The number of nitrogens with one attached hydrogen (secondary N) is 2. The Bertz CT molecular complexity index is 781. The largest absolute Gasteiger partial charge is 0.458 e. The molecule has 2 saturated carbocycles. The van der Waals surface area contributed by atoms with Gasteiger partial charge in [-0.1, -0.05) is 31.4 Å². The van der Waals surface area contributed by atoms with Crippen LogP contribution in [0.15, 0.2) is 29.2 Å². The first-order chi connectivity index (χ1) is 12.8. The second-order valence-electron chi connectivity index (χ2n) is 7.34. The van der Waals surface area contributed by atoms with Crippen LogP contribution in [0.25, 0.3) is 0 Å². The van der Waals surface area contributed by atoms with Gasteiger partial charge in [0.1, 0.15) is 6.10 Å². The quantitative estimate of drug-likeness (QED) is 0.722. The maximum atomic E-state index is 12.4. The zero-order valence-corrected chi connectivity index (χ0v) is 16.3. The topological polar surface area (TPSA) is 102 Å². The van der Waals surface area contributed by atoms with Gasteiger partial charge in [-0.25, -0.2) is 17.9 Å². The standard InChI is InChI=1S/C19H26N2O5S/c1-13(26-18(22)15-7-8-15)14-9-11-17(12-10-14)27(24,25)21-19(23)20-16-5-3-2-4-6-16/h9-13,15-16H,2-8H2,1H3,(H2,20,21,23). The summed E-state index contributed by atoms with van der Waals surface area (Å²) in [4.78, 5) is 23.7. The number of benzene rings is 1. The highest BCUT2D eigenvalue weighted by atomic mass is 32.2. The molecule has 1 aromatic rings. The Labute approximate surface area is 159 Å². The van der Waals surface area contributed by atoms with Crippen molar-refractivity contribution in [2.24, 2.45) is 5.92 Å². The Morgan fingerprint density at radius 2 is 1.67 bits per heavy atom. The molecular weight excluding hydrogens is 368 g/mol. The molecule has 1 unspecified atom stereocenters. The number of amides is 2. The van der Waals surface area contributed by atoms with Gasteiger partial charge in [0.25, 0.3) is 10.0 Å². The van der Waals surface area contributed by atoms with Gasteiger partial charge in [0.2, 0.25) is 0 Å². The Morgan fingerprint density at radius 1 is 1.04 bits per heavy atom. The van der Waals surface area contributed by atoms with Crippen molar-refractivity contribution in [3.8, 4) is 0 Å². The lowest BCUT2D eigenvalue weighted by molar-refractivity contribution is -0.150. The number of carbonyl (C=O) groups excluding carboxylic acids is 2. The zero-order chi connectivity index (χ0) is 19.4. The first-order valence-electron chi connectivity index (χ1n) is 9.49. The van der Waals surface area contributed by atoms with E-state index in [0.717, 1.165) is 44.9 Å². The smallest absolute Gasteiger partial charge is 0.328 e. The summed E-state index contributed by atoms with van der Waals surface area (Å²) in [7, 11) is -3.95. The van der Waals surface area contributed by atoms with Gasteiger partial charge >= 0.3 is 12.0 Å². The molecule has 0 saturated heterocycles. The van der Waals surface area contributed by atoms with Crippen molar-refractivity contribution in [3.63, 3.8) is 0 Å². The van der Waals surface area contributed by atoms with Gasteiger partial charge in [0, 0.05) is 6.04 Å². The predicted molar refractivity (Wildman–Crippen MR) is 99.4 cm³/mol. The maximum Gasteiger partial charge on any atom is 0.328 e. The van der Waals surface area contributed by atoms with Crippen LogP contribution in [0.2, 0.25) is 0 Å². The van der Waals surface area contributed by atoms with Crippen molar-refractivity contribution in [2.45, 2.75) is 68.9 Å². The van der Waals surface area contributed by atoms with Crippen LogP contribution in [0.3, 0.4) is 0 Å². The minimum atomic E-state index is -3.95. The summed E-state index contributed by atoms with van der Waals surface area (Å²) in [6.45, 7) is 1.75. The molecular formula is C19H26N2O5S. The number of sulfonamides is 1. The van der Waals surface area contributed by atoms with Crippen molar-refractivity contribution in [1.82, 2.24) is 10.0 Å². The van der Waals surface area contributed by atoms with E-state index >= 15 is 0 Å². The van der Waals surface area contributed by atoms with Crippen molar-refractivity contribution in [3.05, 3.63) is 29.8 Å². The van der Waals surface area contributed by atoms with Crippen LogP contribution >= 0.6 is 0 Å². The van der Waals surface area contributed by atoms with Gasteiger partial charge in [-0.2, -0.15) is 0 Å². The van der Waals surface area contributed by atoms with E-state index in [2.05, 4.69) is 10.0 Å². The molecule has 0 aliphatic heterocycles. The van der Waals surface area contributed by atoms with Crippen molar-refractivity contribution in [1.29, 1.82) is 0 Å². The van der Waals surface area contributed by atoms with Gasteiger partial charge in [0.05, 0.1) is 10.8 Å². The number of esters is 1. The first kappa shape index (κ1) is 19.7. The SMILES string of the molecule is CC(OC(=O)C1CC1)c1ccc(S(=O)(=O)NC(=O)NC2CCCCC2)cc1. The lowest BCUT2D eigenvalue weighted by Gasteiger charge is -2.22. The van der Waals surface area contributed by atoms with Crippen LogP contribution in [0.4, 0.5) is 4.79 Å². The van der Waals surface area contributed by atoms with Crippen molar-refractivity contribution < 1.29 is 22.7 Å². The average Bonchev–Trinajstić information content (AvgIpc) is 3.47. The molecule has 7 nitrogen and oxygen atoms in total. The highest BCUT2D eigenvalue weighted by Gasteiger charge is 2.32. The molecule has 1 aromatic carbocycles. The summed E-state index contributed by atoms with van der Waals surface area (Å²) in [6, 6.07) is 5.34. The van der Waals surface area contributed by atoms with Gasteiger partial charge < -0.3 is 10.1 Å². The Hall–Kier alpha value is -2.09. The van der Waals surface area contributed by atoms with Crippen LogP contribution in [-0.2, 0) is 19.6 Å². The van der Waals surface area contributed by atoms with Gasteiger partial charge in [-0.15, -0.1) is 0 Å². The molecule has 3 rings (SSSR count). The molecule has 2 aliphatic carbocycles. The Balaban J connectivity index is 1.57. The third-order valence-corrected chi connectivity index (χ3v) is 6.38. The van der Waals surface area contributed by atoms with E-state index in [1.807, 2.05) is 0 Å². The van der Waals surface area contributed by atoms with Gasteiger partial charge in [0.15, 0.2) is 0 Å². The fourth-order valence-electron chi connectivity index (χ4n) is 3.22. The summed E-state index contributed by atoms with van der Waals surface area (Å²) in [5, 5.41) is 2.73. The van der Waals surface area contributed by atoms with E-state index in [1.165, 1.54) is 12.1 Å². The highest BCUT2D eigenvalue weighted by molar-refractivity contribution is 7.90. The molecule has 2 aliphatic rings. The minimum Gasteiger partial charge on any atom is -0.458 e. The van der Waals surface area contributed by atoms with E-state index in [0.29, 0.717) is 5.56 Å². The van der Waals surface area contributed by atoms with Crippen molar-refractivity contribution in [2.75, 3.05) is 0 Å². The number of ether oxygens (including phenoxy) is 1. The van der Waals surface area contributed by atoms with E-state index in [-0.39, 0.29) is 22.8 Å². The first-order valence-corrected chi connectivity index (χ1v) is 11.0. The molecule has 8 heteroatoms. The molecule has 0 radical (unpaired) electrons. The lowest BCUT2D eigenvalue weighted by atomic mass is 9.96. The van der Waals surface area contributed by atoms with Gasteiger partial charge in [-0.3, -0.25) is 4.79 Å². The fourth-order valence-corrected chi connectivity index (χ4v) is 4.13. The van der Waals surface area contributed by atoms with E-state index in [9.17, 15) is 18.0 Å². The van der Waals surface area contributed by atoms with Gasteiger partial charge in [-0.05, 0) is 50.3 Å². The van der Waals surface area contributed by atoms with E-state index in [4.69, 9.17) is 4.74 Å². The zero-order valence-electron chi connectivity index (χ0n) is 15.4. The molecule has 2 fully saturated rings. The fraction of sp³-hybridized carbons (Fsp3) is 0.579. The molecule has 2 amide bonds. The minimum absolute atomic E-state index is 0.00855. The highest BCUT2D eigenvalue weighted by Crippen LogP contribution is 2.32. The summed E-state index contributed by atoms with van der Waals surface area (Å²) in [6.07, 6.45) is 6.29. The summed E-state index contributed by atoms with van der Waals surface area (Å²) < 4.78 is 32.2. The Morgan fingerprint density at radius 3 is 2.26 bits per heavy atom. The number of rotatable bonds is 6. The Kier molecular flexibility index (Phi) is 6.04. The number of hydrogen-bond donors (Lipinski definition) is 2. The van der Waals surface area contributed by atoms with Crippen LogP contribution in [0, 0.1) is 5.92 Å². The molecule has 2 N–H and O–H groups in total. The maximum absolute atomic E-state index is 12.4. The molecule has 0 bridgehead atoms. The number of hydrogen-bond acceptors (Lipinski definition) is 5. The average molecular weight is 394 g/mol. The van der Waals surface area contributed by atoms with E-state index < -0.39 is 22.2 Å². The lowest BCUT2D eigenvalue weighted by Crippen LogP contribution is -2.45. The molecule has 0 heterocycles. The second-order valence-corrected chi connectivity index (χ2v) is 9.02. The van der Waals surface area contributed by atoms with E-state index in [1.54, 1.807) is 19.1 Å². The molecule has 0 aromatic heterocycles. The number of carbonyl (C=O) groups is 2. The molecule has 0 spiro atoms. The normalized spacial score (nSPS) is 19.1. The summed E-state index contributed by atoms with van der Waals surface area (Å²) >= 11 is 0. The predicted octanol–water partition coefficient (Wildman–Crippen LogP) is 3.02. The molecule has 1 atom stereocenters. The van der Waals surface area contributed by atoms with Crippen LogP contribution < -0.4 is 10.0 Å². The summed E-state index contributed by atoms with van der Waals surface area (Å²) in [5.74, 6) is -0.195. The summed E-state index contributed by atoms with van der Waals surface area (Å²) in [5.41, 5.74) is 0.703. The van der Waals surface area contributed by atoms with Crippen LogP contribution in [0.5, 0.6) is 0 Å². The molecule has 148 valence electrons. The van der Waals surface area contributed by atoms with Crippen LogP contribution in [0.1, 0.15) is 63.5 Å². The third-order valence-electron chi connectivity index (χ3n) is 5.03. The monoisotopic (exact) mass is 394 g/mol. The number of urea groups is 1. The third kappa shape index (κ3) is 5.45. The van der Waals surface area contributed by atoms with Crippen molar-refractivity contribution >= 4 is 22.0 Å². The van der Waals surface area contributed by atoms with Crippen LogP contribution in [-0.4, -0.2) is 26.5 Å².